The van der Waals surface area contributed by atoms with E-state index in [1.54, 1.807) is 6.07 Å². The van der Waals surface area contributed by atoms with Crippen LogP contribution in [0.5, 0.6) is 0 Å². The van der Waals surface area contributed by atoms with Gasteiger partial charge in [-0.2, -0.15) is 5.26 Å². The highest BCUT2D eigenvalue weighted by Crippen LogP contribution is 2.18. The van der Waals surface area contributed by atoms with Crippen molar-refractivity contribution >= 4 is 15.9 Å². The molecule has 4 heteroatoms. The Kier molecular flexibility index (Phi) is 4.19. The molecule has 1 N–H and O–H groups in total. The van der Waals surface area contributed by atoms with Crippen molar-refractivity contribution in [1.82, 2.24) is 5.32 Å². The van der Waals surface area contributed by atoms with Crippen molar-refractivity contribution in [3.8, 4) is 6.07 Å². The largest absolute Gasteiger partial charge is 0.449 e. The predicted molar refractivity (Wildman–Crippen MR) is 72.8 cm³/mol. The third-order valence-electron chi connectivity index (χ3n) is 2.70. The minimum atomic E-state index is 0.220. The molecule has 18 heavy (non-hydrogen) atoms. The molecule has 1 aromatic carbocycles. The van der Waals surface area contributed by atoms with Crippen molar-refractivity contribution in [3.05, 3.63) is 58.0 Å². The summed E-state index contributed by atoms with van der Waals surface area (Å²) in [5, 5.41) is 12.0. The lowest BCUT2D eigenvalue weighted by Gasteiger charge is -2.13. The number of furan rings is 1. The quantitative estimate of drug-likeness (QED) is 0.935. The lowest BCUT2D eigenvalue weighted by Crippen LogP contribution is -2.17. The molecule has 92 valence electrons. The second-order valence-electron chi connectivity index (χ2n) is 4.04. The van der Waals surface area contributed by atoms with E-state index < -0.39 is 0 Å². The predicted octanol–water partition coefficient (Wildman–Crippen LogP) is 3.76. The molecule has 0 unspecified atom stereocenters. The van der Waals surface area contributed by atoms with Gasteiger partial charge < -0.3 is 9.73 Å². The first-order valence-corrected chi connectivity index (χ1v) is 6.46. The zero-order valence-corrected chi connectivity index (χ0v) is 11.6. The van der Waals surface area contributed by atoms with Gasteiger partial charge >= 0.3 is 0 Å². The maximum atomic E-state index is 8.67. The molecule has 0 bridgehead atoms. The Morgan fingerprint density at radius 2 is 2.22 bits per heavy atom. The summed E-state index contributed by atoms with van der Waals surface area (Å²) < 4.78 is 6.38. The summed E-state index contributed by atoms with van der Waals surface area (Å²) in [5.41, 5.74) is 1.21. The van der Waals surface area contributed by atoms with Gasteiger partial charge in [-0.25, -0.2) is 0 Å². The zero-order chi connectivity index (χ0) is 13.0. The van der Waals surface area contributed by atoms with Crippen LogP contribution in [0.1, 0.15) is 30.0 Å². The first-order valence-electron chi connectivity index (χ1n) is 5.66. The minimum Gasteiger partial charge on any atom is -0.449 e. The molecular weight excluding hydrogens is 292 g/mol. The van der Waals surface area contributed by atoms with Crippen LogP contribution in [0.2, 0.25) is 0 Å². The van der Waals surface area contributed by atoms with Gasteiger partial charge in [0.15, 0.2) is 0 Å². The van der Waals surface area contributed by atoms with Gasteiger partial charge in [0.2, 0.25) is 5.76 Å². The lowest BCUT2D eigenvalue weighted by atomic mass is 10.1. The van der Waals surface area contributed by atoms with Gasteiger partial charge in [-0.1, -0.05) is 28.1 Å². The normalized spacial score (nSPS) is 12.1. The number of nitrogens with one attached hydrogen (secondary N) is 1. The van der Waals surface area contributed by atoms with Crippen molar-refractivity contribution < 1.29 is 4.42 Å². The fraction of sp³-hybridized carbons (Fsp3) is 0.214. The topological polar surface area (TPSA) is 49.0 Å². The average molecular weight is 305 g/mol. The Bertz CT molecular complexity index is 571. The molecule has 2 rings (SSSR count). The number of nitriles is 1. The molecule has 0 spiro atoms. The van der Waals surface area contributed by atoms with E-state index in [-0.39, 0.29) is 6.04 Å². The van der Waals surface area contributed by atoms with Crippen LogP contribution < -0.4 is 5.32 Å². The summed E-state index contributed by atoms with van der Waals surface area (Å²) >= 11 is 3.46. The summed E-state index contributed by atoms with van der Waals surface area (Å²) in [7, 11) is 0. The molecular formula is C14H13BrN2O. The Morgan fingerprint density at radius 3 is 2.89 bits per heavy atom. The molecule has 1 atom stereocenters. The van der Waals surface area contributed by atoms with Crippen LogP contribution in [0, 0.1) is 11.3 Å². The monoisotopic (exact) mass is 304 g/mol. The second-order valence-corrected chi connectivity index (χ2v) is 4.95. The summed E-state index contributed by atoms with van der Waals surface area (Å²) in [4.78, 5) is 0. The number of hydrogen-bond donors (Lipinski definition) is 1. The summed E-state index contributed by atoms with van der Waals surface area (Å²) in [6, 6.07) is 13.9. The highest BCUT2D eigenvalue weighted by Gasteiger charge is 2.07. The summed E-state index contributed by atoms with van der Waals surface area (Å²) in [6.45, 7) is 2.70. The number of halogens is 1. The van der Waals surface area contributed by atoms with Gasteiger partial charge in [0.05, 0.1) is 6.54 Å². The molecule has 2 aromatic rings. The highest BCUT2D eigenvalue weighted by atomic mass is 79.9. The number of hydrogen-bond acceptors (Lipinski definition) is 3. The summed E-state index contributed by atoms with van der Waals surface area (Å²) in [6.07, 6.45) is 0. The maximum Gasteiger partial charge on any atom is 0.203 e. The minimum absolute atomic E-state index is 0.220. The third-order valence-corrected chi connectivity index (χ3v) is 3.20. The highest BCUT2D eigenvalue weighted by molar-refractivity contribution is 9.10. The van der Waals surface area contributed by atoms with Gasteiger partial charge in [0.25, 0.3) is 0 Å². The average Bonchev–Trinajstić information content (AvgIpc) is 2.84. The van der Waals surface area contributed by atoms with E-state index in [1.165, 1.54) is 5.56 Å². The van der Waals surface area contributed by atoms with Gasteiger partial charge in [-0.3, -0.25) is 0 Å². The van der Waals surface area contributed by atoms with Crippen molar-refractivity contribution in [1.29, 1.82) is 5.26 Å². The van der Waals surface area contributed by atoms with Crippen LogP contribution in [-0.4, -0.2) is 0 Å². The van der Waals surface area contributed by atoms with Crippen LogP contribution in [-0.2, 0) is 6.54 Å². The third kappa shape index (κ3) is 3.22. The molecule has 1 aromatic heterocycles. The molecule has 0 aliphatic carbocycles. The van der Waals surface area contributed by atoms with E-state index in [0.717, 1.165) is 10.2 Å². The van der Waals surface area contributed by atoms with E-state index in [0.29, 0.717) is 12.3 Å². The Morgan fingerprint density at radius 1 is 1.39 bits per heavy atom. The van der Waals surface area contributed by atoms with Crippen molar-refractivity contribution in [2.75, 3.05) is 0 Å². The van der Waals surface area contributed by atoms with Crippen molar-refractivity contribution in [2.45, 2.75) is 19.5 Å². The fourth-order valence-electron chi connectivity index (χ4n) is 1.68. The Balaban J connectivity index is 1.96. The fourth-order valence-corrected chi connectivity index (χ4v) is 2.10. The van der Waals surface area contributed by atoms with Crippen LogP contribution in [0.25, 0.3) is 0 Å². The summed E-state index contributed by atoms with van der Waals surface area (Å²) in [5.74, 6) is 1.12. The van der Waals surface area contributed by atoms with Crippen molar-refractivity contribution in [2.24, 2.45) is 0 Å². The van der Waals surface area contributed by atoms with Gasteiger partial charge in [0, 0.05) is 10.5 Å². The SMILES string of the molecule is C[C@@H](NCc1ccc(C#N)o1)c1cccc(Br)c1. The Labute approximate surface area is 115 Å². The van der Waals surface area contributed by atoms with Gasteiger partial charge in [-0.15, -0.1) is 0 Å². The van der Waals surface area contributed by atoms with E-state index in [1.807, 2.05) is 24.3 Å². The van der Waals surface area contributed by atoms with E-state index in [9.17, 15) is 0 Å². The molecule has 3 nitrogen and oxygen atoms in total. The first kappa shape index (κ1) is 12.9. The van der Waals surface area contributed by atoms with E-state index >= 15 is 0 Å². The maximum absolute atomic E-state index is 8.67. The zero-order valence-electron chi connectivity index (χ0n) is 9.98. The van der Waals surface area contributed by atoms with Crippen LogP contribution >= 0.6 is 15.9 Å². The van der Waals surface area contributed by atoms with Crippen molar-refractivity contribution in [3.63, 3.8) is 0 Å². The van der Waals surface area contributed by atoms with E-state index in [2.05, 4.69) is 40.3 Å². The number of benzene rings is 1. The second kappa shape index (κ2) is 5.85. The molecule has 0 amide bonds. The van der Waals surface area contributed by atoms with Gasteiger partial charge in [-0.05, 0) is 36.8 Å². The molecule has 0 aliphatic heterocycles. The van der Waals surface area contributed by atoms with E-state index in [4.69, 9.17) is 9.68 Å². The first-order chi connectivity index (χ1) is 8.69. The molecule has 0 saturated heterocycles. The molecule has 0 radical (unpaired) electrons. The van der Waals surface area contributed by atoms with Crippen LogP contribution in [0.4, 0.5) is 0 Å². The lowest BCUT2D eigenvalue weighted by molar-refractivity contribution is 0.453. The standard InChI is InChI=1S/C14H13BrN2O/c1-10(11-3-2-4-12(15)7-11)17-9-14-6-5-13(8-16)18-14/h2-7,10,17H,9H2,1H3/t10-/m1/s1. The number of nitrogens with zero attached hydrogens (tertiary/aromatic N) is 1. The van der Waals surface area contributed by atoms with Gasteiger partial charge in [0.1, 0.15) is 11.8 Å². The van der Waals surface area contributed by atoms with Crippen LogP contribution in [0.15, 0.2) is 45.3 Å². The Hall–Kier alpha value is -1.57. The molecule has 0 fully saturated rings. The van der Waals surface area contributed by atoms with Crippen LogP contribution in [0.3, 0.4) is 0 Å². The molecule has 0 aliphatic rings. The molecule has 1 heterocycles. The molecule has 0 saturated carbocycles. The number of rotatable bonds is 4. The smallest absolute Gasteiger partial charge is 0.203 e.